The van der Waals surface area contributed by atoms with Gasteiger partial charge < -0.3 is 0 Å². The number of hydrogen-bond acceptors (Lipinski definition) is 4. The molecule has 7 heteroatoms. The molecule has 2 aromatic heterocycles. The molecule has 0 radical (unpaired) electrons. The van der Waals surface area contributed by atoms with Crippen LogP contribution in [0.2, 0.25) is 0 Å². The Morgan fingerprint density at radius 1 is 1.24 bits per heavy atom. The van der Waals surface area contributed by atoms with E-state index in [1.807, 2.05) is 0 Å². The van der Waals surface area contributed by atoms with Gasteiger partial charge in [-0.2, -0.15) is 5.10 Å². The van der Waals surface area contributed by atoms with Crippen molar-refractivity contribution >= 4 is 22.2 Å². The van der Waals surface area contributed by atoms with Crippen molar-refractivity contribution in [2.24, 2.45) is 0 Å². The number of benzene rings is 1. The van der Waals surface area contributed by atoms with Crippen LogP contribution < -0.4 is 0 Å². The second kappa shape index (κ2) is 5.53. The summed E-state index contributed by atoms with van der Waals surface area (Å²) in [5.74, 6) is -0.0229. The average molecular weight is 347 g/mol. The maximum atomic E-state index is 13.3. The molecule has 0 fully saturated rings. The fourth-order valence-corrected chi connectivity index (χ4v) is 2.23. The predicted octanol–water partition coefficient (Wildman–Crippen LogP) is 3.04. The third-order valence-electron chi connectivity index (χ3n) is 2.82. The van der Waals surface area contributed by atoms with Crippen molar-refractivity contribution in [3.63, 3.8) is 0 Å². The number of aldehydes is 1. The maximum Gasteiger partial charge on any atom is 0.250 e. The summed E-state index contributed by atoms with van der Waals surface area (Å²) in [4.78, 5) is 19.4. The lowest BCUT2D eigenvalue weighted by molar-refractivity contribution is 0.112. The first-order chi connectivity index (χ1) is 10.2. The summed E-state index contributed by atoms with van der Waals surface area (Å²) in [6.07, 6.45) is 5.39. The molecule has 0 saturated carbocycles. The molecule has 5 nitrogen and oxygen atoms in total. The standard InChI is InChI=1S/C14H8BrFN4O/c15-11-6-9(2-3-12(11)16)13-10(8-21)7-20(19-13)14-17-4-1-5-18-14/h1-8H. The minimum Gasteiger partial charge on any atom is -0.298 e. The van der Waals surface area contributed by atoms with Crippen molar-refractivity contribution in [1.82, 2.24) is 19.7 Å². The summed E-state index contributed by atoms with van der Waals surface area (Å²) >= 11 is 3.12. The molecule has 0 aliphatic heterocycles. The first-order valence-corrected chi connectivity index (χ1v) is 6.76. The van der Waals surface area contributed by atoms with E-state index >= 15 is 0 Å². The zero-order valence-corrected chi connectivity index (χ0v) is 12.2. The summed E-state index contributed by atoms with van der Waals surface area (Å²) in [6, 6.07) is 6.13. The predicted molar refractivity (Wildman–Crippen MR) is 77.6 cm³/mol. The van der Waals surface area contributed by atoms with Crippen LogP contribution in [-0.2, 0) is 0 Å². The van der Waals surface area contributed by atoms with Crippen molar-refractivity contribution in [2.75, 3.05) is 0 Å². The van der Waals surface area contributed by atoms with E-state index in [1.165, 1.54) is 16.9 Å². The van der Waals surface area contributed by atoms with Crippen LogP contribution >= 0.6 is 15.9 Å². The van der Waals surface area contributed by atoms with Gasteiger partial charge in [0.1, 0.15) is 11.5 Å². The fourth-order valence-electron chi connectivity index (χ4n) is 1.85. The monoisotopic (exact) mass is 346 g/mol. The van der Waals surface area contributed by atoms with E-state index in [0.717, 1.165) is 0 Å². The molecule has 0 unspecified atom stereocenters. The van der Waals surface area contributed by atoms with E-state index in [1.54, 1.807) is 30.6 Å². The Morgan fingerprint density at radius 3 is 2.67 bits per heavy atom. The lowest BCUT2D eigenvalue weighted by Crippen LogP contribution is -2.00. The molecule has 3 rings (SSSR count). The largest absolute Gasteiger partial charge is 0.298 e. The number of rotatable bonds is 3. The third kappa shape index (κ3) is 2.59. The molecular formula is C14H8BrFN4O. The zero-order chi connectivity index (χ0) is 14.8. The lowest BCUT2D eigenvalue weighted by atomic mass is 10.1. The van der Waals surface area contributed by atoms with Crippen LogP contribution in [0.15, 0.2) is 47.3 Å². The van der Waals surface area contributed by atoms with Gasteiger partial charge in [-0.25, -0.2) is 19.0 Å². The molecule has 104 valence electrons. The normalized spacial score (nSPS) is 10.6. The molecular weight excluding hydrogens is 339 g/mol. The minimum atomic E-state index is -0.378. The summed E-state index contributed by atoms with van der Waals surface area (Å²) < 4.78 is 15.0. The molecule has 0 saturated heterocycles. The quantitative estimate of drug-likeness (QED) is 0.684. The van der Waals surface area contributed by atoms with Crippen molar-refractivity contribution in [3.8, 4) is 17.2 Å². The topological polar surface area (TPSA) is 60.7 Å². The second-order valence-corrected chi connectivity index (χ2v) is 5.03. The summed E-state index contributed by atoms with van der Waals surface area (Å²) in [5, 5.41) is 4.31. The number of hydrogen-bond donors (Lipinski definition) is 0. The van der Waals surface area contributed by atoms with Gasteiger partial charge in [0.2, 0.25) is 5.95 Å². The molecule has 2 heterocycles. The van der Waals surface area contributed by atoms with Gasteiger partial charge >= 0.3 is 0 Å². The number of carbonyl (C=O) groups is 1. The van der Waals surface area contributed by atoms with Crippen molar-refractivity contribution < 1.29 is 9.18 Å². The van der Waals surface area contributed by atoms with Crippen LogP contribution in [0.4, 0.5) is 4.39 Å². The molecule has 0 amide bonds. The van der Waals surface area contributed by atoms with Crippen LogP contribution in [0.5, 0.6) is 0 Å². The highest BCUT2D eigenvalue weighted by molar-refractivity contribution is 9.10. The highest BCUT2D eigenvalue weighted by Crippen LogP contribution is 2.26. The molecule has 0 bridgehead atoms. The van der Waals surface area contributed by atoms with Crippen LogP contribution in [-0.4, -0.2) is 26.0 Å². The highest BCUT2D eigenvalue weighted by Gasteiger charge is 2.14. The van der Waals surface area contributed by atoms with E-state index in [-0.39, 0.29) is 5.82 Å². The van der Waals surface area contributed by atoms with Crippen LogP contribution in [0.25, 0.3) is 17.2 Å². The smallest absolute Gasteiger partial charge is 0.250 e. The van der Waals surface area contributed by atoms with Gasteiger partial charge in [-0.15, -0.1) is 0 Å². The van der Waals surface area contributed by atoms with Gasteiger partial charge in [-0.05, 0) is 40.2 Å². The number of nitrogens with zero attached hydrogens (tertiary/aromatic N) is 4. The van der Waals surface area contributed by atoms with E-state index in [2.05, 4.69) is 31.0 Å². The van der Waals surface area contributed by atoms with Crippen LogP contribution in [0.3, 0.4) is 0 Å². The molecule has 0 aliphatic rings. The first-order valence-electron chi connectivity index (χ1n) is 5.96. The van der Waals surface area contributed by atoms with Gasteiger partial charge in [0, 0.05) is 24.2 Å². The molecule has 0 atom stereocenters. The van der Waals surface area contributed by atoms with Crippen LogP contribution in [0, 0.1) is 5.82 Å². The Kier molecular flexibility index (Phi) is 3.57. The molecule has 0 N–H and O–H groups in total. The van der Waals surface area contributed by atoms with E-state index < -0.39 is 0 Å². The number of carbonyl (C=O) groups excluding carboxylic acids is 1. The number of halogens is 2. The Hall–Kier alpha value is -2.41. The third-order valence-corrected chi connectivity index (χ3v) is 3.43. The maximum absolute atomic E-state index is 13.3. The van der Waals surface area contributed by atoms with Crippen molar-refractivity contribution in [3.05, 3.63) is 58.7 Å². The SMILES string of the molecule is O=Cc1cn(-c2ncccn2)nc1-c1ccc(F)c(Br)c1. The molecule has 3 aromatic rings. The molecule has 1 aromatic carbocycles. The first kappa shape index (κ1) is 13.6. The minimum absolute atomic E-state index is 0.308. The van der Waals surface area contributed by atoms with Gasteiger partial charge in [-0.1, -0.05) is 0 Å². The highest BCUT2D eigenvalue weighted by atomic mass is 79.9. The molecule has 0 aliphatic carbocycles. The van der Waals surface area contributed by atoms with Crippen LogP contribution in [0.1, 0.15) is 10.4 Å². The van der Waals surface area contributed by atoms with Gasteiger partial charge in [0.25, 0.3) is 0 Å². The summed E-state index contributed by atoms with van der Waals surface area (Å²) in [5.41, 5.74) is 1.44. The Balaban J connectivity index is 2.12. The summed E-state index contributed by atoms with van der Waals surface area (Å²) in [7, 11) is 0. The fraction of sp³-hybridized carbons (Fsp3) is 0. The summed E-state index contributed by atoms with van der Waals surface area (Å²) in [6.45, 7) is 0. The molecule has 21 heavy (non-hydrogen) atoms. The Morgan fingerprint density at radius 2 is 2.00 bits per heavy atom. The van der Waals surface area contributed by atoms with E-state index in [4.69, 9.17) is 0 Å². The van der Waals surface area contributed by atoms with Gasteiger partial charge in [0.05, 0.1) is 10.0 Å². The average Bonchev–Trinajstić information content (AvgIpc) is 2.95. The van der Waals surface area contributed by atoms with Gasteiger partial charge in [-0.3, -0.25) is 4.79 Å². The second-order valence-electron chi connectivity index (χ2n) is 4.17. The molecule has 0 spiro atoms. The van der Waals surface area contributed by atoms with Gasteiger partial charge in [0.15, 0.2) is 6.29 Å². The van der Waals surface area contributed by atoms with E-state index in [9.17, 15) is 9.18 Å². The van der Waals surface area contributed by atoms with E-state index in [0.29, 0.717) is 33.5 Å². The zero-order valence-electron chi connectivity index (χ0n) is 10.6. The lowest BCUT2D eigenvalue weighted by Gasteiger charge is -2.00. The van der Waals surface area contributed by atoms with Crippen molar-refractivity contribution in [1.29, 1.82) is 0 Å². The Labute approximate surface area is 127 Å². The van der Waals surface area contributed by atoms with Crippen molar-refractivity contribution in [2.45, 2.75) is 0 Å². The Bertz CT molecular complexity index is 804. The number of aromatic nitrogens is 4.